The number of anilines is 1. The van der Waals surface area contributed by atoms with Crippen molar-refractivity contribution in [2.24, 2.45) is 0 Å². The summed E-state index contributed by atoms with van der Waals surface area (Å²) in [6.07, 6.45) is 1.72. The van der Waals surface area contributed by atoms with Crippen LogP contribution < -0.4 is 14.8 Å². The summed E-state index contributed by atoms with van der Waals surface area (Å²) in [5.41, 5.74) is 1.10. The fraction of sp³-hybridized carbons (Fsp3) is 0.474. The minimum Gasteiger partial charge on any atom is -0.490 e. The summed E-state index contributed by atoms with van der Waals surface area (Å²) in [4.78, 5) is 23.0. The number of hydrogen-bond donors (Lipinski definition) is 1. The molecular formula is C19H26N4O5. The molecule has 2 aromatic rings. The fourth-order valence-corrected chi connectivity index (χ4v) is 2.68. The molecular weight excluding hydrogens is 364 g/mol. The van der Waals surface area contributed by atoms with Crippen LogP contribution in [0.2, 0.25) is 0 Å². The molecule has 1 aromatic heterocycles. The van der Waals surface area contributed by atoms with Gasteiger partial charge in [-0.2, -0.15) is 5.10 Å². The van der Waals surface area contributed by atoms with Crippen LogP contribution >= 0.6 is 0 Å². The maximum absolute atomic E-state index is 12.4. The molecule has 0 atom stereocenters. The maximum Gasteiger partial charge on any atom is 0.312 e. The minimum atomic E-state index is -0.488. The van der Waals surface area contributed by atoms with E-state index >= 15 is 0 Å². The van der Waals surface area contributed by atoms with Crippen molar-refractivity contribution in [2.45, 2.75) is 47.1 Å². The van der Waals surface area contributed by atoms with Crippen LogP contribution in [0, 0.1) is 24.0 Å². The van der Waals surface area contributed by atoms with Crippen LogP contribution in [0.15, 0.2) is 18.2 Å². The number of amides is 1. The molecule has 0 bridgehead atoms. The molecule has 1 aromatic carbocycles. The standard InChI is InChI=1S/C19H26N4O5/c1-5-9-27-16-8-7-15(11-17(16)28-10-6-2)20-18(24)12-22-14(4)19(23(25)26)13(3)21-22/h7-8,11H,5-6,9-10,12H2,1-4H3,(H,20,24). The van der Waals surface area contributed by atoms with Crippen molar-refractivity contribution >= 4 is 17.3 Å². The van der Waals surface area contributed by atoms with E-state index in [1.165, 1.54) is 4.68 Å². The number of rotatable bonds is 10. The Balaban J connectivity index is 2.13. The summed E-state index contributed by atoms with van der Waals surface area (Å²) >= 11 is 0. The molecule has 0 aliphatic rings. The lowest BCUT2D eigenvalue weighted by molar-refractivity contribution is -0.386. The number of ether oxygens (including phenoxy) is 2. The number of carbonyl (C=O) groups excluding carboxylic acids is 1. The molecule has 0 saturated carbocycles. The number of nitrogens with one attached hydrogen (secondary N) is 1. The van der Waals surface area contributed by atoms with Gasteiger partial charge in [-0.3, -0.25) is 19.6 Å². The molecule has 9 nitrogen and oxygen atoms in total. The molecule has 0 radical (unpaired) electrons. The van der Waals surface area contributed by atoms with E-state index in [1.54, 1.807) is 32.0 Å². The molecule has 9 heteroatoms. The van der Waals surface area contributed by atoms with E-state index in [2.05, 4.69) is 10.4 Å². The smallest absolute Gasteiger partial charge is 0.312 e. The van der Waals surface area contributed by atoms with Crippen molar-refractivity contribution in [3.8, 4) is 11.5 Å². The van der Waals surface area contributed by atoms with Crippen molar-refractivity contribution < 1.29 is 19.2 Å². The summed E-state index contributed by atoms with van der Waals surface area (Å²) in [7, 11) is 0. The van der Waals surface area contributed by atoms with E-state index in [-0.39, 0.29) is 23.8 Å². The van der Waals surface area contributed by atoms with Crippen molar-refractivity contribution in [2.75, 3.05) is 18.5 Å². The number of benzene rings is 1. The molecule has 2 rings (SSSR count). The van der Waals surface area contributed by atoms with E-state index in [0.29, 0.717) is 36.1 Å². The summed E-state index contributed by atoms with van der Waals surface area (Å²) in [6, 6.07) is 5.19. The third kappa shape index (κ3) is 5.21. The normalized spacial score (nSPS) is 10.6. The Labute approximate surface area is 163 Å². The predicted molar refractivity (Wildman–Crippen MR) is 105 cm³/mol. The lowest BCUT2D eigenvalue weighted by atomic mass is 10.2. The number of hydrogen-bond acceptors (Lipinski definition) is 6. The fourth-order valence-electron chi connectivity index (χ4n) is 2.68. The van der Waals surface area contributed by atoms with E-state index in [0.717, 1.165) is 12.8 Å². The Morgan fingerprint density at radius 2 is 1.82 bits per heavy atom. The Kier molecular flexibility index (Phi) is 7.36. The molecule has 0 unspecified atom stereocenters. The van der Waals surface area contributed by atoms with Crippen molar-refractivity contribution in [3.05, 3.63) is 39.7 Å². The molecule has 0 fully saturated rings. The summed E-state index contributed by atoms with van der Waals surface area (Å²) in [5.74, 6) is 0.849. The highest BCUT2D eigenvalue weighted by Crippen LogP contribution is 2.31. The van der Waals surface area contributed by atoms with Crippen LogP contribution in [0.3, 0.4) is 0 Å². The van der Waals surface area contributed by atoms with Crippen LogP contribution in [0.1, 0.15) is 38.1 Å². The highest BCUT2D eigenvalue weighted by molar-refractivity contribution is 5.91. The van der Waals surface area contributed by atoms with Crippen molar-refractivity contribution in [3.63, 3.8) is 0 Å². The van der Waals surface area contributed by atoms with E-state index in [1.807, 2.05) is 13.8 Å². The van der Waals surface area contributed by atoms with Gasteiger partial charge in [0.15, 0.2) is 11.5 Å². The van der Waals surface area contributed by atoms with Gasteiger partial charge in [0.05, 0.1) is 18.1 Å². The van der Waals surface area contributed by atoms with Gasteiger partial charge in [-0.25, -0.2) is 0 Å². The van der Waals surface area contributed by atoms with Crippen molar-refractivity contribution in [1.29, 1.82) is 0 Å². The Bertz CT molecular complexity index is 847. The first kappa shape index (κ1) is 21.2. The number of aromatic nitrogens is 2. The van der Waals surface area contributed by atoms with E-state index in [4.69, 9.17) is 9.47 Å². The largest absolute Gasteiger partial charge is 0.490 e. The van der Waals surface area contributed by atoms with E-state index < -0.39 is 4.92 Å². The van der Waals surface area contributed by atoms with Gasteiger partial charge < -0.3 is 14.8 Å². The SMILES string of the molecule is CCCOc1ccc(NC(=O)Cn2nc(C)c([N+](=O)[O-])c2C)cc1OCCC. The summed E-state index contributed by atoms with van der Waals surface area (Å²) in [5, 5.41) is 17.9. The first-order valence-electron chi connectivity index (χ1n) is 9.25. The average Bonchev–Trinajstić information content (AvgIpc) is 2.92. The third-order valence-corrected chi connectivity index (χ3v) is 3.97. The molecule has 1 heterocycles. The van der Waals surface area contributed by atoms with Crippen LogP contribution in [0.4, 0.5) is 11.4 Å². The van der Waals surface area contributed by atoms with Gasteiger partial charge in [0.25, 0.3) is 0 Å². The molecule has 28 heavy (non-hydrogen) atoms. The summed E-state index contributed by atoms with van der Waals surface area (Å²) in [6.45, 7) is 8.13. The quantitative estimate of drug-likeness (QED) is 0.490. The first-order chi connectivity index (χ1) is 13.4. The predicted octanol–water partition coefficient (Wildman–Crippen LogP) is 3.62. The van der Waals surface area contributed by atoms with Gasteiger partial charge in [-0.15, -0.1) is 0 Å². The molecule has 0 aliphatic heterocycles. The van der Waals surface area contributed by atoms with Gasteiger partial charge in [0, 0.05) is 11.8 Å². The second kappa shape index (κ2) is 9.72. The Morgan fingerprint density at radius 3 is 2.39 bits per heavy atom. The molecule has 152 valence electrons. The van der Waals surface area contributed by atoms with Gasteiger partial charge >= 0.3 is 5.69 Å². The zero-order valence-corrected chi connectivity index (χ0v) is 16.7. The van der Waals surface area contributed by atoms with Gasteiger partial charge in [0.2, 0.25) is 5.91 Å². The average molecular weight is 390 g/mol. The highest BCUT2D eigenvalue weighted by atomic mass is 16.6. The highest BCUT2D eigenvalue weighted by Gasteiger charge is 2.22. The van der Waals surface area contributed by atoms with E-state index in [9.17, 15) is 14.9 Å². The van der Waals surface area contributed by atoms with Crippen molar-refractivity contribution in [1.82, 2.24) is 9.78 Å². The summed E-state index contributed by atoms with van der Waals surface area (Å²) < 4.78 is 12.7. The monoisotopic (exact) mass is 390 g/mol. The Morgan fingerprint density at radius 1 is 1.18 bits per heavy atom. The molecule has 1 N–H and O–H groups in total. The van der Waals surface area contributed by atoms with Crippen LogP contribution in [0.25, 0.3) is 0 Å². The van der Waals surface area contributed by atoms with Crippen LogP contribution in [-0.2, 0) is 11.3 Å². The zero-order valence-electron chi connectivity index (χ0n) is 16.7. The van der Waals surface area contributed by atoms with Gasteiger partial charge in [-0.05, 0) is 38.8 Å². The van der Waals surface area contributed by atoms with Gasteiger partial charge in [0.1, 0.15) is 17.9 Å². The number of carbonyl (C=O) groups is 1. The molecule has 1 amide bonds. The van der Waals surface area contributed by atoms with Gasteiger partial charge in [-0.1, -0.05) is 13.8 Å². The zero-order chi connectivity index (χ0) is 20.7. The molecule has 0 spiro atoms. The Hall–Kier alpha value is -3.10. The lowest BCUT2D eigenvalue weighted by Crippen LogP contribution is -2.20. The third-order valence-electron chi connectivity index (χ3n) is 3.97. The minimum absolute atomic E-state index is 0.0690. The topological polar surface area (TPSA) is 109 Å². The second-order valence-corrected chi connectivity index (χ2v) is 6.34. The molecule has 0 saturated heterocycles. The first-order valence-corrected chi connectivity index (χ1v) is 9.25. The number of nitrogens with zero attached hydrogens (tertiary/aromatic N) is 3. The second-order valence-electron chi connectivity index (χ2n) is 6.34. The van der Waals surface area contributed by atoms with Crippen LogP contribution in [-0.4, -0.2) is 33.8 Å². The number of aryl methyl sites for hydroxylation is 1. The molecule has 0 aliphatic carbocycles. The number of nitro groups is 1. The maximum atomic E-state index is 12.4. The lowest BCUT2D eigenvalue weighted by Gasteiger charge is -2.14. The van der Waals surface area contributed by atoms with Crippen LogP contribution in [0.5, 0.6) is 11.5 Å².